The van der Waals surface area contributed by atoms with Gasteiger partial charge < -0.3 is 15.4 Å². The second kappa shape index (κ2) is 9.70. The number of piperidine rings is 1. The Bertz CT molecular complexity index is 741. The summed E-state index contributed by atoms with van der Waals surface area (Å²) < 4.78 is 30.6. The van der Waals surface area contributed by atoms with Gasteiger partial charge in [0.25, 0.3) is 5.91 Å². The van der Waals surface area contributed by atoms with Gasteiger partial charge in [-0.25, -0.2) is 12.7 Å². The second-order valence-electron chi connectivity index (χ2n) is 6.47. The molecule has 0 unspecified atom stereocenters. The second-order valence-corrected chi connectivity index (χ2v) is 8.56. The minimum atomic E-state index is -3.19. The van der Waals surface area contributed by atoms with E-state index < -0.39 is 10.0 Å². The topological polar surface area (TPSA) is 105 Å². The van der Waals surface area contributed by atoms with E-state index in [2.05, 4.69) is 10.6 Å². The number of sulfonamides is 1. The number of nitrogens with one attached hydrogen (secondary N) is 2. The molecule has 2 amide bonds. The van der Waals surface area contributed by atoms with E-state index in [4.69, 9.17) is 4.74 Å². The number of hydrogen-bond donors (Lipinski definition) is 2. The third kappa shape index (κ3) is 6.21. The van der Waals surface area contributed by atoms with Gasteiger partial charge in [-0.3, -0.25) is 9.59 Å². The molecule has 0 atom stereocenters. The number of amides is 2. The van der Waals surface area contributed by atoms with Gasteiger partial charge in [-0.1, -0.05) is 6.92 Å². The number of nitrogens with zero attached hydrogens (tertiary/aromatic N) is 1. The molecule has 2 N–H and O–H groups in total. The van der Waals surface area contributed by atoms with E-state index in [0.29, 0.717) is 43.7 Å². The van der Waals surface area contributed by atoms with Crippen molar-refractivity contribution < 1.29 is 22.7 Å². The number of rotatable bonds is 8. The zero-order valence-corrected chi connectivity index (χ0v) is 16.5. The first-order chi connectivity index (χ1) is 12.9. The molecule has 0 spiro atoms. The van der Waals surface area contributed by atoms with Gasteiger partial charge in [0.2, 0.25) is 15.9 Å². The molecule has 1 aromatic rings. The fourth-order valence-electron chi connectivity index (χ4n) is 2.95. The summed E-state index contributed by atoms with van der Waals surface area (Å²) in [6.07, 6.45) is 1.73. The molecule has 8 nitrogen and oxygen atoms in total. The fraction of sp³-hybridized carbons (Fsp3) is 0.556. The van der Waals surface area contributed by atoms with Crippen LogP contribution in [-0.2, 0) is 14.8 Å². The van der Waals surface area contributed by atoms with Crippen LogP contribution in [0.5, 0.6) is 5.75 Å². The zero-order chi connectivity index (χ0) is 19.9. The summed E-state index contributed by atoms with van der Waals surface area (Å²) in [5.41, 5.74) is 0.443. The maximum Gasteiger partial charge on any atom is 0.251 e. The molecule has 9 heteroatoms. The molecule has 150 valence electrons. The van der Waals surface area contributed by atoms with Crippen molar-refractivity contribution in [3.63, 3.8) is 0 Å². The largest absolute Gasteiger partial charge is 0.497 e. The molecule has 0 saturated carbocycles. The highest BCUT2D eigenvalue weighted by Gasteiger charge is 2.27. The van der Waals surface area contributed by atoms with Crippen LogP contribution >= 0.6 is 0 Å². The van der Waals surface area contributed by atoms with Crippen molar-refractivity contribution in [3.8, 4) is 5.75 Å². The number of carbonyl (C=O) groups is 2. The van der Waals surface area contributed by atoms with E-state index in [0.717, 1.165) is 0 Å². The molecule has 0 bridgehead atoms. The first-order valence-corrected chi connectivity index (χ1v) is 10.7. The van der Waals surface area contributed by atoms with Crippen molar-refractivity contribution in [2.75, 3.05) is 32.5 Å². The van der Waals surface area contributed by atoms with E-state index in [-0.39, 0.29) is 30.2 Å². The summed E-state index contributed by atoms with van der Waals surface area (Å²) in [5, 5.41) is 5.43. The molecule has 0 aromatic heterocycles. The summed E-state index contributed by atoms with van der Waals surface area (Å²) in [6.45, 7) is 2.53. The average molecular weight is 397 g/mol. The minimum absolute atomic E-state index is 0.0801. The highest BCUT2D eigenvalue weighted by Crippen LogP contribution is 2.15. The predicted octanol–water partition coefficient (Wildman–Crippen LogP) is 0.745. The normalized spacial score (nSPS) is 15.9. The maximum atomic E-state index is 12.1. The lowest BCUT2D eigenvalue weighted by atomic mass is 10.1. The molecular formula is C18H27N3O5S. The van der Waals surface area contributed by atoms with Crippen LogP contribution in [0.4, 0.5) is 0 Å². The van der Waals surface area contributed by atoms with Crippen molar-refractivity contribution in [2.45, 2.75) is 32.2 Å². The Morgan fingerprint density at radius 1 is 1.19 bits per heavy atom. The smallest absolute Gasteiger partial charge is 0.251 e. The van der Waals surface area contributed by atoms with Crippen molar-refractivity contribution in [1.82, 2.24) is 14.9 Å². The Balaban J connectivity index is 1.74. The number of hydrogen-bond acceptors (Lipinski definition) is 5. The summed E-state index contributed by atoms with van der Waals surface area (Å²) >= 11 is 0. The van der Waals surface area contributed by atoms with Crippen LogP contribution in [0.2, 0.25) is 0 Å². The molecule has 0 aliphatic carbocycles. The number of benzene rings is 1. The Morgan fingerprint density at radius 3 is 2.37 bits per heavy atom. The Labute approximate surface area is 160 Å². The van der Waals surface area contributed by atoms with Crippen molar-refractivity contribution in [2.24, 2.45) is 0 Å². The lowest BCUT2D eigenvalue weighted by molar-refractivity contribution is -0.121. The standard InChI is InChI=1S/C18H27N3O5S/c1-3-12-27(24,25)21-10-8-15(9-11-21)20-17(22)13-19-18(23)14-4-6-16(26-2)7-5-14/h4-7,15H,3,8-13H2,1-2H3,(H,19,23)(H,20,22). The van der Waals surface area contributed by atoms with Gasteiger partial charge in [0, 0.05) is 24.7 Å². The number of ether oxygens (including phenoxy) is 1. The van der Waals surface area contributed by atoms with E-state index >= 15 is 0 Å². The highest BCUT2D eigenvalue weighted by atomic mass is 32.2. The van der Waals surface area contributed by atoms with Gasteiger partial charge in [0.1, 0.15) is 5.75 Å². The van der Waals surface area contributed by atoms with Gasteiger partial charge in [-0.05, 0) is 43.5 Å². The lowest BCUT2D eigenvalue weighted by Gasteiger charge is -2.31. The van der Waals surface area contributed by atoms with Crippen molar-refractivity contribution in [3.05, 3.63) is 29.8 Å². The van der Waals surface area contributed by atoms with Crippen LogP contribution in [0.15, 0.2) is 24.3 Å². The lowest BCUT2D eigenvalue weighted by Crippen LogP contribution is -2.49. The maximum absolute atomic E-state index is 12.1. The van der Waals surface area contributed by atoms with E-state index in [1.54, 1.807) is 31.4 Å². The molecular weight excluding hydrogens is 370 g/mol. The van der Waals surface area contributed by atoms with Crippen LogP contribution in [0, 0.1) is 0 Å². The van der Waals surface area contributed by atoms with Crippen molar-refractivity contribution in [1.29, 1.82) is 0 Å². The molecule has 1 aliphatic rings. The van der Waals surface area contributed by atoms with E-state index in [1.165, 1.54) is 4.31 Å². The van der Waals surface area contributed by atoms with Gasteiger partial charge in [-0.2, -0.15) is 0 Å². The fourth-order valence-corrected chi connectivity index (χ4v) is 4.49. The molecule has 1 aromatic carbocycles. The molecule has 1 fully saturated rings. The molecule has 27 heavy (non-hydrogen) atoms. The van der Waals surface area contributed by atoms with Crippen LogP contribution in [0.25, 0.3) is 0 Å². The third-order valence-corrected chi connectivity index (χ3v) is 6.51. The number of carbonyl (C=O) groups excluding carboxylic acids is 2. The van der Waals surface area contributed by atoms with Gasteiger partial charge in [-0.15, -0.1) is 0 Å². The molecule has 1 saturated heterocycles. The quantitative estimate of drug-likeness (QED) is 0.673. The Hall–Kier alpha value is -2.13. The predicted molar refractivity (Wildman–Crippen MR) is 102 cm³/mol. The van der Waals surface area contributed by atoms with Crippen LogP contribution in [0.3, 0.4) is 0 Å². The van der Waals surface area contributed by atoms with Crippen molar-refractivity contribution >= 4 is 21.8 Å². The van der Waals surface area contributed by atoms with Crippen LogP contribution < -0.4 is 15.4 Å². The van der Waals surface area contributed by atoms with E-state index in [1.807, 2.05) is 6.92 Å². The molecule has 1 heterocycles. The highest BCUT2D eigenvalue weighted by molar-refractivity contribution is 7.89. The molecule has 1 aliphatic heterocycles. The summed E-state index contributed by atoms with van der Waals surface area (Å²) in [4.78, 5) is 24.1. The zero-order valence-electron chi connectivity index (χ0n) is 15.7. The summed E-state index contributed by atoms with van der Waals surface area (Å²) in [7, 11) is -1.64. The molecule has 0 radical (unpaired) electrons. The van der Waals surface area contributed by atoms with Gasteiger partial charge >= 0.3 is 0 Å². The first-order valence-electron chi connectivity index (χ1n) is 9.05. The first kappa shape index (κ1) is 21.2. The minimum Gasteiger partial charge on any atom is -0.497 e. The summed E-state index contributed by atoms with van der Waals surface area (Å²) in [6, 6.07) is 6.52. The monoisotopic (exact) mass is 397 g/mol. The number of methoxy groups -OCH3 is 1. The van der Waals surface area contributed by atoms with Crippen LogP contribution in [0.1, 0.15) is 36.5 Å². The van der Waals surface area contributed by atoms with E-state index in [9.17, 15) is 18.0 Å². The average Bonchev–Trinajstić information content (AvgIpc) is 2.66. The third-order valence-electron chi connectivity index (χ3n) is 4.44. The Morgan fingerprint density at radius 2 is 1.81 bits per heavy atom. The Kier molecular flexibility index (Phi) is 7.61. The van der Waals surface area contributed by atoms with Gasteiger partial charge in [0.05, 0.1) is 19.4 Å². The molecule has 2 rings (SSSR count). The summed E-state index contributed by atoms with van der Waals surface area (Å²) in [5.74, 6) is 0.179. The SMILES string of the molecule is CCCS(=O)(=O)N1CCC(NC(=O)CNC(=O)c2ccc(OC)cc2)CC1. The van der Waals surface area contributed by atoms with Gasteiger partial charge in [0.15, 0.2) is 0 Å². The van der Waals surface area contributed by atoms with Crippen LogP contribution in [-0.4, -0.2) is 63.1 Å².